The molecule has 3 rings (SSSR count). The second-order valence-electron chi connectivity index (χ2n) is 6.41. The minimum Gasteiger partial charge on any atom is -0.324 e. The number of amides is 1. The summed E-state index contributed by atoms with van der Waals surface area (Å²) in [5.41, 5.74) is 0.390. The lowest BCUT2D eigenvalue weighted by Crippen LogP contribution is -2.33. The molecule has 1 aromatic heterocycles. The zero-order valence-electron chi connectivity index (χ0n) is 16.0. The van der Waals surface area contributed by atoms with Gasteiger partial charge in [-0.3, -0.25) is 4.79 Å². The summed E-state index contributed by atoms with van der Waals surface area (Å²) < 4.78 is 57.1. The normalized spacial score (nSPS) is 11.5. The zero-order valence-corrected chi connectivity index (χ0v) is 16.8. The fourth-order valence-corrected chi connectivity index (χ4v) is 4.33. The molecule has 0 spiro atoms. The highest BCUT2D eigenvalue weighted by Gasteiger charge is 2.27. The van der Waals surface area contributed by atoms with Gasteiger partial charge in [0.2, 0.25) is 5.82 Å². The number of nitrogens with zero attached hydrogens (tertiary/aromatic N) is 2. The topological polar surface area (TPSA) is 81.1 Å². The molecule has 3 aromatic rings. The molecule has 1 heterocycles. The standard InChI is InChI=1S/C20H19F2N3O3S/c1-4-25-13(3)18(17-14(21)9-7-10-15(17)22)23-19(25)20(26)24-29(27,28)16-11-6-5-8-12(16)2/h5-11H,4H2,1-3H3,(H,24,26). The van der Waals surface area contributed by atoms with Crippen molar-refractivity contribution in [3.05, 3.63) is 71.2 Å². The van der Waals surface area contributed by atoms with Crippen LogP contribution in [0.2, 0.25) is 0 Å². The third kappa shape index (κ3) is 3.77. The first kappa shape index (κ1) is 20.7. The van der Waals surface area contributed by atoms with E-state index >= 15 is 0 Å². The van der Waals surface area contributed by atoms with E-state index in [0.717, 1.165) is 12.1 Å². The maximum atomic E-state index is 14.2. The van der Waals surface area contributed by atoms with Gasteiger partial charge in [-0.15, -0.1) is 0 Å². The number of carbonyl (C=O) groups is 1. The molecule has 0 saturated heterocycles. The molecule has 0 bridgehead atoms. The van der Waals surface area contributed by atoms with E-state index in [4.69, 9.17) is 0 Å². The van der Waals surface area contributed by atoms with E-state index in [9.17, 15) is 22.0 Å². The van der Waals surface area contributed by atoms with Gasteiger partial charge >= 0.3 is 5.91 Å². The van der Waals surface area contributed by atoms with Crippen LogP contribution < -0.4 is 4.72 Å². The molecule has 0 unspecified atom stereocenters. The number of benzene rings is 2. The van der Waals surface area contributed by atoms with E-state index in [1.165, 1.54) is 16.7 Å². The van der Waals surface area contributed by atoms with Gasteiger partial charge in [0.25, 0.3) is 10.0 Å². The molecule has 29 heavy (non-hydrogen) atoms. The van der Waals surface area contributed by atoms with Gasteiger partial charge in [-0.25, -0.2) is 26.9 Å². The van der Waals surface area contributed by atoms with Gasteiger partial charge in [0.1, 0.15) is 11.6 Å². The molecule has 9 heteroatoms. The molecule has 2 aromatic carbocycles. The molecule has 1 amide bonds. The predicted molar refractivity (Wildman–Crippen MR) is 104 cm³/mol. The summed E-state index contributed by atoms with van der Waals surface area (Å²) >= 11 is 0. The zero-order chi connectivity index (χ0) is 21.3. The third-order valence-electron chi connectivity index (χ3n) is 4.55. The molecular weight excluding hydrogens is 400 g/mol. The molecule has 0 aliphatic carbocycles. The van der Waals surface area contributed by atoms with Crippen LogP contribution in [-0.4, -0.2) is 23.9 Å². The van der Waals surface area contributed by atoms with Crippen LogP contribution in [0.3, 0.4) is 0 Å². The summed E-state index contributed by atoms with van der Waals surface area (Å²) in [7, 11) is -4.15. The summed E-state index contributed by atoms with van der Waals surface area (Å²) in [5, 5.41) is 0. The Balaban J connectivity index is 2.06. The van der Waals surface area contributed by atoms with Crippen molar-refractivity contribution in [3.63, 3.8) is 0 Å². The first-order chi connectivity index (χ1) is 13.7. The molecule has 6 nitrogen and oxygen atoms in total. The van der Waals surface area contributed by atoms with Crippen LogP contribution in [0.5, 0.6) is 0 Å². The van der Waals surface area contributed by atoms with Gasteiger partial charge in [-0.2, -0.15) is 0 Å². The second-order valence-corrected chi connectivity index (χ2v) is 8.06. The summed E-state index contributed by atoms with van der Waals surface area (Å²) in [6.07, 6.45) is 0. The number of carbonyl (C=O) groups excluding carboxylic acids is 1. The molecule has 0 atom stereocenters. The van der Waals surface area contributed by atoms with Crippen LogP contribution in [0.4, 0.5) is 8.78 Å². The van der Waals surface area contributed by atoms with E-state index in [1.807, 2.05) is 4.72 Å². The number of sulfonamides is 1. The highest BCUT2D eigenvalue weighted by molar-refractivity contribution is 7.90. The molecule has 152 valence electrons. The summed E-state index contributed by atoms with van der Waals surface area (Å²) in [4.78, 5) is 16.8. The molecule has 0 aliphatic heterocycles. The van der Waals surface area contributed by atoms with Crippen LogP contribution >= 0.6 is 0 Å². The minimum atomic E-state index is -4.15. The van der Waals surface area contributed by atoms with Crippen molar-refractivity contribution < 1.29 is 22.0 Å². The summed E-state index contributed by atoms with van der Waals surface area (Å²) in [6, 6.07) is 9.61. The van der Waals surface area contributed by atoms with Crippen molar-refractivity contribution >= 4 is 15.9 Å². The second kappa shape index (κ2) is 7.75. The highest BCUT2D eigenvalue weighted by Crippen LogP contribution is 2.29. The number of hydrogen-bond donors (Lipinski definition) is 1. The fourth-order valence-electron chi connectivity index (χ4n) is 3.14. The lowest BCUT2D eigenvalue weighted by atomic mass is 10.1. The number of hydrogen-bond acceptors (Lipinski definition) is 4. The van der Waals surface area contributed by atoms with Crippen molar-refractivity contribution in [1.82, 2.24) is 14.3 Å². The first-order valence-corrected chi connectivity index (χ1v) is 10.3. The Morgan fingerprint density at radius 2 is 1.69 bits per heavy atom. The van der Waals surface area contributed by atoms with Gasteiger partial charge in [0.05, 0.1) is 16.2 Å². The van der Waals surface area contributed by atoms with E-state index in [-0.39, 0.29) is 28.5 Å². The van der Waals surface area contributed by atoms with Gasteiger partial charge < -0.3 is 4.57 Å². The van der Waals surface area contributed by atoms with Crippen LogP contribution in [0.1, 0.15) is 28.8 Å². The van der Waals surface area contributed by atoms with Crippen LogP contribution in [0, 0.1) is 25.5 Å². The monoisotopic (exact) mass is 419 g/mol. The van der Waals surface area contributed by atoms with Crippen molar-refractivity contribution in [2.75, 3.05) is 0 Å². The summed E-state index contributed by atoms with van der Waals surface area (Å²) in [5.74, 6) is -2.89. The number of nitrogens with one attached hydrogen (secondary N) is 1. The Morgan fingerprint density at radius 3 is 2.28 bits per heavy atom. The van der Waals surface area contributed by atoms with E-state index < -0.39 is 27.6 Å². The molecule has 0 radical (unpaired) electrons. The maximum absolute atomic E-state index is 14.2. The van der Waals surface area contributed by atoms with Gasteiger partial charge in [0.15, 0.2) is 0 Å². The number of aromatic nitrogens is 2. The van der Waals surface area contributed by atoms with E-state index in [2.05, 4.69) is 4.98 Å². The smallest absolute Gasteiger partial charge is 0.301 e. The summed E-state index contributed by atoms with van der Waals surface area (Å²) in [6.45, 7) is 5.13. The molecular formula is C20H19F2N3O3S. The Bertz CT molecular complexity index is 1180. The van der Waals surface area contributed by atoms with Gasteiger partial charge in [-0.1, -0.05) is 24.3 Å². The van der Waals surface area contributed by atoms with Crippen molar-refractivity contribution in [2.24, 2.45) is 0 Å². The Morgan fingerprint density at radius 1 is 1.07 bits per heavy atom. The maximum Gasteiger partial charge on any atom is 0.301 e. The average Bonchev–Trinajstić information content (AvgIpc) is 2.98. The Hall–Kier alpha value is -3.07. The first-order valence-electron chi connectivity index (χ1n) is 8.81. The Kier molecular flexibility index (Phi) is 5.52. The Labute approximate surface area is 167 Å². The van der Waals surface area contributed by atoms with Crippen molar-refractivity contribution in [2.45, 2.75) is 32.2 Å². The molecule has 1 N–H and O–H groups in total. The molecule has 0 aliphatic rings. The SMILES string of the molecule is CCn1c(C(=O)NS(=O)(=O)c2ccccc2C)nc(-c2c(F)cccc2F)c1C. The quantitative estimate of drug-likeness (QED) is 0.685. The van der Waals surface area contributed by atoms with Crippen molar-refractivity contribution in [1.29, 1.82) is 0 Å². The van der Waals surface area contributed by atoms with E-state index in [1.54, 1.807) is 39.0 Å². The highest BCUT2D eigenvalue weighted by atomic mass is 32.2. The largest absolute Gasteiger partial charge is 0.324 e. The molecule has 0 fully saturated rings. The van der Waals surface area contributed by atoms with Gasteiger partial charge in [-0.05, 0) is 44.5 Å². The molecule has 0 saturated carbocycles. The van der Waals surface area contributed by atoms with E-state index in [0.29, 0.717) is 11.3 Å². The average molecular weight is 419 g/mol. The lowest BCUT2D eigenvalue weighted by molar-refractivity contribution is 0.0967. The fraction of sp³-hybridized carbons (Fsp3) is 0.200. The lowest BCUT2D eigenvalue weighted by Gasteiger charge is -2.10. The number of aryl methyl sites for hydroxylation is 1. The number of imidazole rings is 1. The van der Waals surface area contributed by atoms with Crippen LogP contribution in [-0.2, 0) is 16.6 Å². The minimum absolute atomic E-state index is 0.0416. The van der Waals surface area contributed by atoms with Crippen LogP contribution in [0.15, 0.2) is 47.4 Å². The predicted octanol–water partition coefficient (Wildman–Crippen LogP) is 3.58. The van der Waals surface area contributed by atoms with Crippen LogP contribution in [0.25, 0.3) is 11.3 Å². The number of halogens is 2. The van der Waals surface area contributed by atoms with Gasteiger partial charge in [0, 0.05) is 12.2 Å². The number of rotatable bonds is 5. The third-order valence-corrected chi connectivity index (χ3v) is 6.04. The van der Waals surface area contributed by atoms with Crippen molar-refractivity contribution in [3.8, 4) is 11.3 Å².